The van der Waals surface area contributed by atoms with Crippen LogP contribution in [0.4, 0.5) is 4.39 Å². The quantitative estimate of drug-likeness (QED) is 0.903. The van der Waals surface area contributed by atoms with Crippen LogP contribution in [-0.2, 0) is 6.54 Å². The number of likely N-dealkylation sites (N-methyl/N-ethyl adjacent to an activating group) is 1. The number of furan rings is 1. The molecule has 0 amide bonds. The van der Waals surface area contributed by atoms with Gasteiger partial charge in [0.05, 0.1) is 6.26 Å². The molecule has 1 heterocycles. The van der Waals surface area contributed by atoms with Gasteiger partial charge >= 0.3 is 0 Å². The van der Waals surface area contributed by atoms with Crippen molar-refractivity contribution in [3.8, 4) is 0 Å². The molecule has 108 valence electrons. The summed E-state index contributed by atoms with van der Waals surface area (Å²) in [6.45, 7) is 3.13. The fourth-order valence-corrected chi connectivity index (χ4v) is 2.89. The summed E-state index contributed by atoms with van der Waals surface area (Å²) in [6, 6.07) is 6.67. The molecule has 5 heteroatoms. The van der Waals surface area contributed by atoms with Crippen molar-refractivity contribution < 1.29 is 8.81 Å². The van der Waals surface area contributed by atoms with Gasteiger partial charge in [-0.15, -0.1) is 0 Å². The van der Waals surface area contributed by atoms with E-state index in [9.17, 15) is 4.39 Å². The molecule has 20 heavy (non-hydrogen) atoms. The zero-order chi connectivity index (χ0) is 14.7. The van der Waals surface area contributed by atoms with Crippen molar-refractivity contribution in [3.63, 3.8) is 0 Å². The van der Waals surface area contributed by atoms with Crippen LogP contribution >= 0.6 is 15.9 Å². The summed E-state index contributed by atoms with van der Waals surface area (Å²) in [6.07, 6.45) is 1.68. The Bertz CT molecular complexity index is 585. The molecule has 0 aliphatic rings. The fraction of sp³-hybridized carbons (Fsp3) is 0.333. The minimum absolute atomic E-state index is 0.0132. The number of hydrogen-bond acceptors (Lipinski definition) is 3. The summed E-state index contributed by atoms with van der Waals surface area (Å²) in [5, 5.41) is 0. The first-order valence-electron chi connectivity index (χ1n) is 6.41. The molecule has 3 nitrogen and oxygen atoms in total. The first-order valence-corrected chi connectivity index (χ1v) is 7.20. The molecule has 1 aromatic heterocycles. The second-order valence-electron chi connectivity index (χ2n) is 4.83. The highest BCUT2D eigenvalue weighted by Gasteiger charge is 2.19. The molecular weight excluding hydrogens is 323 g/mol. The van der Waals surface area contributed by atoms with Crippen LogP contribution in [0.1, 0.15) is 22.9 Å². The van der Waals surface area contributed by atoms with Gasteiger partial charge in [-0.3, -0.25) is 4.90 Å². The molecule has 2 N–H and O–H groups in total. The van der Waals surface area contributed by atoms with E-state index >= 15 is 0 Å². The van der Waals surface area contributed by atoms with Crippen LogP contribution in [0.2, 0.25) is 0 Å². The molecule has 0 aliphatic carbocycles. The van der Waals surface area contributed by atoms with E-state index in [1.165, 1.54) is 12.1 Å². The normalized spacial score (nSPS) is 12.9. The number of halogens is 2. The summed E-state index contributed by atoms with van der Waals surface area (Å²) in [5.74, 6) is 0.649. The Morgan fingerprint density at radius 2 is 2.15 bits per heavy atom. The number of rotatable bonds is 5. The van der Waals surface area contributed by atoms with E-state index in [2.05, 4.69) is 20.8 Å². The van der Waals surface area contributed by atoms with Gasteiger partial charge in [-0.2, -0.15) is 0 Å². The Morgan fingerprint density at radius 3 is 2.70 bits per heavy atom. The van der Waals surface area contributed by atoms with E-state index in [-0.39, 0.29) is 11.9 Å². The Kier molecular flexibility index (Phi) is 4.96. The average molecular weight is 341 g/mol. The van der Waals surface area contributed by atoms with Crippen LogP contribution in [-0.4, -0.2) is 18.5 Å². The van der Waals surface area contributed by atoms with Crippen LogP contribution in [0.3, 0.4) is 0 Å². The topological polar surface area (TPSA) is 42.4 Å². The standard InChI is InChI=1S/C15H18BrFN2O/c1-10-11(5-6-20-10)9-19(2)15(8-18)13-4-3-12(17)7-14(13)16/h3-7,15H,8-9,18H2,1-2H3. The highest BCUT2D eigenvalue weighted by molar-refractivity contribution is 9.10. The molecule has 2 aromatic rings. The van der Waals surface area contributed by atoms with E-state index in [1.54, 1.807) is 12.3 Å². The SMILES string of the molecule is Cc1occc1CN(C)C(CN)c1ccc(F)cc1Br. The van der Waals surface area contributed by atoms with E-state index in [0.717, 1.165) is 27.9 Å². The lowest BCUT2D eigenvalue weighted by Crippen LogP contribution is -2.30. The maximum Gasteiger partial charge on any atom is 0.124 e. The Hall–Kier alpha value is -1.17. The average Bonchev–Trinajstić information content (AvgIpc) is 2.78. The van der Waals surface area contributed by atoms with Crippen molar-refractivity contribution in [3.05, 3.63) is 57.7 Å². The van der Waals surface area contributed by atoms with Crippen LogP contribution in [0.15, 0.2) is 39.4 Å². The third-order valence-corrected chi connectivity index (χ3v) is 4.15. The van der Waals surface area contributed by atoms with Gasteiger partial charge in [-0.1, -0.05) is 22.0 Å². The fourth-order valence-electron chi connectivity index (χ4n) is 2.27. The Balaban J connectivity index is 2.21. The molecule has 0 radical (unpaired) electrons. The van der Waals surface area contributed by atoms with Gasteiger partial charge < -0.3 is 10.2 Å². The first-order chi connectivity index (χ1) is 9.52. The minimum atomic E-state index is -0.260. The summed E-state index contributed by atoms with van der Waals surface area (Å²) >= 11 is 3.41. The van der Waals surface area contributed by atoms with Crippen molar-refractivity contribution in [1.82, 2.24) is 4.90 Å². The monoisotopic (exact) mass is 340 g/mol. The van der Waals surface area contributed by atoms with Gasteiger partial charge in [0.25, 0.3) is 0 Å². The summed E-state index contributed by atoms with van der Waals surface area (Å²) < 4.78 is 19.2. The first kappa shape index (κ1) is 15.2. The molecule has 1 atom stereocenters. The van der Waals surface area contributed by atoms with Crippen LogP contribution in [0.25, 0.3) is 0 Å². The number of aryl methyl sites for hydroxylation is 1. The highest BCUT2D eigenvalue weighted by atomic mass is 79.9. The number of nitrogens with zero attached hydrogens (tertiary/aromatic N) is 1. The van der Waals surface area contributed by atoms with Crippen molar-refractivity contribution in [2.45, 2.75) is 19.5 Å². The predicted octanol–water partition coefficient (Wildman–Crippen LogP) is 3.62. The van der Waals surface area contributed by atoms with E-state index < -0.39 is 0 Å². The number of hydrogen-bond donors (Lipinski definition) is 1. The molecule has 0 spiro atoms. The highest BCUT2D eigenvalue weighted by Crippen LogP contribution is 2.28. The molecule has 2 rings (SSSR count). The molecule has 0 saturated heterocycles. The molecule has 0 bridgehead atoms. The van der Waals surface area contributed by atoms with Gasteiger partial charge in [0.15, 0.2) is 0 Å². The molecule has 0 saturated carbocycles. The van der Waals surface area contributed by atoms with Gasteiger partial charge in [0.1, 0.15) is 11.6 Å². The third kappa shape index (κ3) is 3.29. The summed E-state index contributed by atoms with van der Waals surface area (Å²) in [4.78, 5) is 2.13. The zero-order valence-electron chi connectivity index (χ0n) is 11.6. The van der Waals surface area contributed by atoms with Crippen molar-refractivity contribution in [1.29, 1.82) is 0 Å². The van der Waals surface area contributed by atoms with E-state index in [1.807, 2.05) is 20.0 Å². The summed E-state index contributed by atoms with van der Waals surface area (Å²) in [7, 11) is 2.00. The zero-order valence-corrected chi connectivity index (χ0v) is 13.2. The second-order valence-corrected chi connectivity index (χ2v) is 5.69. The molecular formula is C15H18BrFN2O. The van der Waals surface area contributed by atoms with Crippen molar-refractivity contribution in [2.24, 2.45) is 5.73 Å². The predicted molar refractivity (Wildman–Crippen MR) is 80.8 cm³/mol. The second kappa shape index (κ2) is 6.52. The lowest BCUT2D eigenvalue weighted by molar-refractivity contribution is 0.239. The molecule has 0 fully saturated rings. The maximum atomic E-state index is 13.2. The number of nitrogens with two attached hydrogens (primary N) is 1. The Labute approximate surface area is 126 Å². The minimum Gasteiger partial charge on any atom is -0.469 e. The lowest BCUT2D eigenvalue weighted by atomic mass is 10.0. The largest absolute Gasteiger partial charge is 0.469 e. The van der Waals surface area contributed by atoms with Gasteiger partial charge in [-0.25, -0.2) is 4.39 Å². The van der Waals surface area contributed by atoms with Crippen LogP contribution < -0.4 is 5.73 Å². The molecule has 0 aliphatic heterocycles. The van der Waals surface area contributed by atoms with Gasteiger partial charge in [-0.05, 0) is 37.7 Å². The number of benzene rings is 1. The smallest absolute Gasteiger partial charge is 0.124 e. The Morgan fingerprint density at radius 1 is 1.40 bits per heavy atom. The molecule has 1 unspecified atom stereocenters. The third-order valence-electron chi connectivity index (χ3n) is 3.46. The van der Waals surface area contributed by atoms with Crippen LogP contribution in [0, 0.1) is 12.7 Å². The van der Waals surface area contributed by atoms with E-state index in [4.69, 9.17) is 10.2 Å². The maximum absolute atomic E-state index is 13.2. The van der Waals surface area contributed by atoms with Gasteiger partial charge in [0, 0.05) is 29.2 Å². The van der Waals surface area contributed by atoms with Gasteiger partial charge in [0.2, 0.25) is 0 Å². The lowest BCUT2D eigenvalue weighted by Gasteiger charge is -2.28. The summed E-state index contributed by atoms with van der Waals surface area (Å²) in [5.41, 5.74) is 8.01. The molecule has 1 aromatic carbocycles. The van der Waals surface area contributed by atoms with Crippen LogP contribution in [0.5, 0.6) is 0 Å². The van der Waals surface area contributed by atoms with E-state index in [0.29, 0.717) is 6.54 Å². The van der Waals surface area contributed by atoms with Crippen molar-refractivity contribution in [2.75, 3.05) is 13.6 Å². The van der Waals surface area contributed by atoms with Crippen molar-refractivity contribution >= 4 is 15.9 Å².